The predicted octanol–water partition coefficient (Wildman–Crippen LogP) is 2.44. The van der Waals surface area contributed by atoms with Crippen LogP contribution in [0.25, 0.3) is 0 Å². The summed E-state index contributed by atoms with van der Waals surface area (Å²) in [6.07, 6.45) is 0. The van der Waals surface area contributed by atoms with E-state index < -0.39 is 0 Å². The lowest BCUT2D eigenvalue weighted by Gasteiger charge is -2.32. The van der Waals surface area contributed by atoms with Crippen LogP contribution >= 0.6 is 11.6 Å². The van der Waals surface area contributed by atoms with Crippen LogP contribution in [-0.4, -0.2) is 30.6 Å². The molecule has 0 saturated carbocycles. The Kier molecular flexibility index (Phi) is 3.85. The summed E-state index contributed by atoms with van der Waals surface area (Å²) in [4.78, 5) is 2.50. The zero-order chi connectivity index (χ0) is 11.5. The Balaban J connectivity index is 2.02. The summed E-state index contributed by atoms with van der Waals surface area (Å²) in [5.41, 5.74) is 2.68. The lowest BCUT2D eigenvalue weighted by atomic mass is 10.1. The molecular formula is C13H19ClN2. The van der Waals surface area contributed by atoms with Crippen LogP contribution in [0.4, 0.5) is 0 Å². The minimum absolute atomic E-state index is 0.598. The van der Waals surface area contributed by atoms with Gasteiger partial charge in [0, 0.05) is 37.2 Å². The van der Waals surface area contributed by atoms with Crippen molar-refractivity contribution in [1.29, 1.82) is 0 Å². The topological polar surface area (TPSA) is 15.3 Å². The van der Waals surface area contributed by atoms with Gasteiger partial charge in [0.2, 0.25) is 0 Å². The summed E-state index contributed by atoms with van der Waals surface area (Å²) in [6, 6.07) is 6.77. The van der Waals surface area contributed by atoms with Crippen molar-refractivity contribution in [3.05, 3.63) is 34.3 Å². The molecule has 1 unspecified atom stereocenters. The normalized spacial score (nSPS) is 22.3. The highest BCUT2D eigenvalue weighted by Gasteiger charge is 2.15. The lowest BCUT2D eigenvalue weighted by molar-refractivity contribution is 0.199. The summed E-state index contributed by atoms with van der Waals surface area (Å²) < 4.78 is 0. The molecule has 0 spiro atoms. The second-order valence-corrected chi connectivity index (χ2v) is 5.10. The van der Waals surface area contributed by atoms with Gasteiger partial charge in [0.25, 0.3) is 0 Å². The molecule has 1 aromatic rings. The van der Waals surface area contributed by atoms with E-state index in [0.717, 1.165) is 31.2 Å². The van der Waals surface area contributed by atoms with Gasteiger partial charge < -0.3 is 5.32 Å². The number of nitrogens with zero attached hydrogens (tertiary/aromatic N) is 1. The number of hydrogen-bond acceptors (Lipinski definition) is 2. The minimum atomic E-state index is 0.598. The third kappa shape index (κ3) is 2.97. The second-order valence-electron chi connectivity index (χ2n) is 4.66. The molecule has 1 atom stereocenters. The number of halogens is 1. The van der Waals surface area contributed by atoms with Gasteiger partial charge >= 0.3 is 0 Å². The molecule has 16 heavy (non-hydrogen) atoms. The van der Waals surface area contributed by atoms with Gasteiger partial charge in [-0.25, -0.2) is 0 Å². The maximum absolute atomic E-state index is 5.96. The molecule has 2 rings (SSSR count). The third-order valence-electron chi connectivity index (χ3n) is 3.15. The molecule has 1 heterocycles. The molecule has 0 aliphatic carbocycles. The highest BCUT2D eigenvalue weighted by atomic mass is 35.5. The quantitative estimate of drug-likeness (QED) is 0.852. The van der Waals surface area contributed by atoms with Crippen molar-refractivity contribution in [1.82, 2.24) is 10.2 Å². The molecule has 2 nitrogen and oxygen atoms in total. The van der Waals surface area contributed by atoms with E-state index >= 15 is 0 Å². The average molecular weight is 239 g/mol. The van der Waals surface area contributed by atoms with E-state index in [2.05, 4.69) is 30.1 Å². The van der Waals surface area contributed by atoms with Crippen molar-refractivity contribution in [3.63, 3.8) is 0 Å². The fraction of sp³-hybridized carbons (Fsp3) is 0.538. The average Bonchev–Trinajstić information content (AvgIpc) is 2.22. The Labute approximate surface area is 103 Å². The summed E-state index contributed by atoms with van der Waals surface area (Å²) in [5, 5.41) is 4.29. The largest absolute Gasteiger partial charge is 0.312 e. The van der Waals surface area contributed by atoms with Crippen LogP contribution in [0, 0.1) is 6.92 Å². The highest BCUT2D eigenvalue weighted by molar-refractivity contribution is 6.30. The van der Waals surface area contributed by atoms with Crippen molar-refractivity contribution in [2.45, 2.75) is 26.4 Å². The first kappa shape index (κ1) is 11.9. The SMILES string of the molecule is Cc1cc(Cl)ccc1CN1CCNC(C)C1. The monoisotopic (exact) mass is 238 g/mol. The smallest absolute Gasteiger partial charge is 0.0408 e. The Morgan fingerprint density at radius 3 is 3.00 bits per heavy atom. The maximum atomic E-state index is 5.96. The maximum Gasteiger partial charge on any atom is 0.0408 e. The van der Waals surface area contributed by atoms with Crippen LogP contribution in [-0.2, 0) is 6.54 Å². The van der Waals surface area contributed by atoms with Gasteiger partial charge in [-0.1, -0.05) is 17.7 Å². The summed E-state index contributed by atoms with van der Waals surface area (Å²) in [6.45, 7) is 8.75. The molecule has 0 amide bonds. The first-order chi connectivity index (χ1) is 7.65. The van der Waals surface area contributed by atoms with E-state index in [1.54, 1.807) is 0 Å². The second kappa shape index (κ2) is 5.17. The van der Waals surface area contributed by atoms with Crippen LogP contribution in [0.3, 0.4) is 0 Å². The molecule has 1 N–H and O–H groups in total. The first-order valence-corrected chi connectivity index (χ1v) is 6.24. The first-order valence-electron chi connectivity index (χ1n) is 5.86. The van der Waals surface area contributed by atoms with Crippen LogP contribution in [0.1, 0.15) is 18.1 Å². The molecule has 1 saturated heterocycles. The van der Waals surface area contributed by atoms with E-state index in [1.165, 1.54) is 11.1 Å². The van der Waals surface area contributed by atoms with Crippen LogP contribution < -0.4 is 5.32 Å². The highest BCUT2D eigenvalue weighted by Crippen LogP contribution is 2.17. The Bertz CT molecular complexity index is 365. The summed E-state index contributed by atoms with van der Waals surface area (Å²) >= 11 is 5.96. The van der Waals surface area contributed by atoms with Gasteiger partial charge in [0.1, 0.15) is 0 Å². The molecular weight excluding hydrogens is 220 g/mol. The van der Waals surface area contributed by atoms with Crippen LogP contribution in [0.15, 0.2) is 18.2 Å². The van der Waals surface area contributed by atoms with E-state index in [-0.39, 0.29) is 0 Å². The van der Waals surface area contributed by atoms with Gasteiger partial charge in [-0.15, -0.1) is 0 Å². The van der Waals surface area contributed by atoms with E-state index in [0.29, 0.717) is 6.04 Å². The zero-order valence-corrected chi connectivity index (χ0v) is 10.7. The van der Waals surface area contributed by atoms with Crippen LogP contribution in [0.5, 0.6) is 0 Å². The fourth-order valence-electron chi connectivity index (χ4n) is 2.23. The predicted molar refractivity (Wildman–Crippen MR) is 68.9 cm³/mol. The Hall–Kier alpha value is -0.570. The minimum Gasteiger partial charge on any atom is -0.312 e. The number of benzene rings is 1. The van der Waals surface area contributed by atoms with E-state index in [1.807, 2.05) is 12.1 Å². The van der Waals surface area contributed by atoms with E-state index in [9.17, 15) is 0 Å². The molecule has 1 aromatic carbocycles. The molecule has 0 radical (unpaired) electrons. The van der Waals surface area contributed by atoms with Crippen molar-refractivity contribution in [2.24, 2.45) is 0 Å². The number of piperazine rings is 1. The third-order valence-corrected chi connectivity index (χ3v) is 3.39. The Morgan fingerprint density at radius 1 is 1.50 bits per heavy atom. The molecule has 1 aliphatic rings. The van der Waals surface area contributed by atoms with Gasteiger partial charge in [-0.3, -0.25) is 4.90 Å². The summed E-state index contributed by atoms with van der Waals surface area (Å²) in [7, 11) is 0. The Morgan fingerprint density at radius 2 is 2.31 bits per heavy atom. The van der Waals surface area contributed by atoms with Crippen molar-refractivity contribution in [2.75, 3.05) is 19.6 Å². The molecule has 88 valence electrons. The van der Waals surface area contributed by atoms with E-state index in [4.69, 9.17) is 11.6 Å². The molecule has 3 heteroatoms. The van der Waals surface area contributed by atoms with Gasteiger partial charge in [-0.2, -0.15) is 0 Å². The molecule has 0 aromatic heterocycles. The fourth-order valence-corrected chi connectivity index (χ4v) is 2.46. The van der Waals surface area contributed by atoms with Crippen molar-refractivity contribution < 1.29 is 0 Å². The van der Waals surface area contributed by atoms with Gasteiger partial charge in [0.15, 0.2) is 0 Å². The standard InChI is InChI=1S/C13H19ClN2/c1-10-7-13(14)4-3-12(10)9-16-6-5-15-11(2)8-16/h3-4,7,11,15H,5-6,8-9H2,1-2H3. The number of hydrogen-bond donors (Lipinski definition) is 1. The molecule has 0 bridgehead atoms. The van der Waals surface area contributed by atoms with Crippen molar-refractivity contribution in [3.8, 4) is 0 Å². The number of aryl methyl sites for hydroxylation is 1. The lowest BCUT2D eigenvalue weighted by Crippen LogP contribution is -2.48. The number of nitrogens with one attached hydrogen (secondary N) is 1. The molecule has 1 fully saturated rings. The van der Waals surface area contributed by atoms with Crippen molar-refractivity contribution >= 4 is 11.6 Å². The van der Waals surface area contributed by atoms with Gasteiger partial charge in [-0.05, 0) is 37.1 Å². The number of rotatable bonds is 2. The molecule has 1 aliphatic heterocycles. The van der Waals surface area contributed by atoms with Crippen LogP contribution in [0.2, 0.25) is 5.02 Å². The van der Waals surface area contributed by atoms with Gasteiger partial charge in [0.05, 0.1) is 0 Å². The summed E-state index contributed by atoms with van der Waals surface area (Å²) in [5.74, 6) is 0. The zero-order valence-electron chi connectivity index (χ0n) is 9.96.